The van der Waals surface area contributed by atoms with Crippen molar-refractivity contribution in [2.75, 3.05) is 12.3 Å². The first-order valence-electron chi connectivity index (χ1n) is 7.09. The van der Waals surface area contributed by atoms with Gasteiger partial charge in [0.1, 0.15) is 11.6 Å². The number of aliphatic hydroxyl groups excluding tert-OH is 1. The Morgan fingerprint density at radius 3 is 2.70 bits per heavy atom. The van der Waals surface area contributed by atoms with Gasteiger partial charge in [-0.15, -0.1) is 0 Å². The lowest BCUT2D eigenvalue weighted by molar-refractivity contribution is 0.0825. The molecule has 2 fully saturated rings. The van der Waals surface area contributed by atoms with E-state index >= 15 is 0 Å². The lowest BCUT2D eigenvalue weighted by Gasteiger charge is -2.28. The molecular formula is C14H20N4O2. The Kier molecular flexibility index (Phi) is 3.12. The summed E-state index contributed by atoms with van der Waals surface area (Å²) in [7, 11) is 0. The number of nitrogens with two attached hydrogens (primary N) is 1. The molecule has 1 heterocycles. The number of carbonyl (C=O) groups excluding carboxylic acids is 1. The lowest BCUT2D eigenvalue weighted by atomic mass is 9.96. The van der Waals surface area contributed by atoms with Crippen molar-refractivity contribution in [3.8, 4) is 0 Å². The summed E-state index contributed by atoms with van der Waals surface area (Å²) in [5.41, 5.74) is 5.57. The molecule has 2 aliphatic carbocycles. The molecule has 0 radical (unpaired) electrons. The summed E-state index contributed by atoms with van der Waals surface area (Å²) in [5, 5.41) is 12.4. The summed E-state index contributed by atoms with van der Waals surface area (Å²) in [5.74, 6) is 1.38. The van der Waals surface area contributed by atoms with Crippen LogP contribution in [-0.2, 0) is 0 Å². The van der Waals surface area contributed by atoms with Gasteiger partial charge >= 0.3 is 0 Å². The van der Waals surface area contributed by atoms with Gasteiger partial charge in [0, 0.05) is 12.1 Å². The van der Waals surface area contributed by atoms with Crippen LogP contribution in [0.4, 0.5) is 5.82 Å². The third-order valence-corrected chi connectivity index (χ3v) is 4.23. The summed E-state index contributed by atoms with van der Waals surface area (Å²) in [6.07, 6.45) is 5.74. The van der Waals surface area contributed by atoms with Crippen LogP contribution in [0.2, 0.25) is 0 Å². The summed E-state index contributed by atoms with van der Waals surface area (Å²) in [6, 6.07) is 0. The van der Waals surface area contributed by atoms with Crippen molar-refractivity contribution in [3.63, 3.8) is 0 Å². The lowest BCUT2D eigenvalue weighted by Crippen LogP contribution is -2.51. The fraction of sp³-hybridized carbons (Fsp3) is 0.643. The Morgan fingerprint density at radius 1 is 1.50 bits per heavy atom. The van der Waals surface area contributed by atoms with Crippen LogP contribution >= 0.6 is 0 Å². The second-order valence-corrected chi connectivity index (χ2v) is 6.11. The molecule has 4 N–H and O–H groups in total. The van der Waals surface area contributed by atoms with E-state index < -0.39 is 5.54 Å². The molecule has 108 valence electrons. The molecule has 1 aromatic heterocycles. The third-order valence-electron chi connectivity index (χ3n) is 4.23. The van der Waals surface area contributed by atoms with Crippen LogP contribution in [0, 0.1) is 5.92 Å². The molecule has 6 nitrogen and oxygen atoms in total. The molecule has 1 aromatic rings. The van der Waals surface area contributed by atoms with Gasteiger partial charge in [-0.2, -0.15) is 0 Å². The minimum absolute atomic E-state index is 0.0790. The fourth-order valence-electron chi connectivity index (χ4n) is 2.44. The van der Waals surface area contributed by atoms with Gasteiger partial charge in [-0.25, -0.2) is 9.97 Å². The zero-order chi connectivity index (χ0) is 14.3. The smallest absolute Gasteiger partial charge is 0.257 e. The first kappa shape index (κ1) is 13.3. The van der Waals surface area contributed by atoms with Gasteiger partial charge in [0.2, 0.25) is 0 Å². The van der Waals surface area contributed by atoms with Crippen LogP contribution < -0.4 is 11.1 Å². The highest BCUT2D eigenvalue weighted by Crippen LogP contribution is 2.40. The number of anilines is 1. The van der Waals surface area contributed by atoms with Crippen LogP contribution in [0.15, 0.2) is 6.20 Å². The maximum absolute atomic E-state index is 12.3. The maximum Gasteiger partial charge on any atom is 0.257 e. The Hall–Kier alpha value is -1.69. The molecule has 6 heteroatoms. The van der Waals surface area contributed by atoms with Crippen molar-refractivity contribution in [2.24, 2.45) is 5.92 Å². The Morgan fingerprint density at radius 2 is 2.20 bits per heavy atom. The molecule has 1 unspecified atom stereocenters. The largest absolute Gasteiger partial charge is 0.394 e. The van der Waals surface area contributed by atoms with E-state index in [1.165, 1.54) is 6.20 Å². The van der Waals surface area contributed by atoms with E-state index in [9.17, 15) is 9.90 Å². The zero-order valence-electron chi connectivity index (χ0n) is 11.6. The molecule has 0 bridgehead atoms. The monoisotopic (exact) mass is 276 g/mol. The van der Waals surface area contributed by atoms with Crippen molar-refractivity contribution >= 4 is 11.7 Å². The molecule has 1 atom stereocenters. The molecular weight excluding hydrogens is 256 g/mol. The van der Waals surface area contributed by atoms with E-state index in [-0.39, 0.29) is 23.9 Å². The SMILES string of the molecule is CC(CO)(NC(=O)c1cnc(C2CC2)nc1N)C1CC1. The minimum atomic E-state index is -0.585. The van der Waals surface area contributed by atoms with Crippen LogP contribution in [-0.4, -0.2) is 33.1 Å². The van der Waals surface area contributed by atoms with Crippen molar-refractivity contribution < 1.29 is 9.90 Å². The predicted molar refractivity (Wildman–Crippen MR) is 74.1 cm³/mol. The number of carbonyl (C=O) groups is 1. The highest BCUT2D eigenvalue weighted by molar-refractivity contribution is 5.98. The summed E-state index contributed by atoms with van der Waals surface area (Å²) < 4.78 is 0. The predicted octanol–water partition coefficient (Wildman–Crippen LogP) is 0.827. The first-order valence-corrected chi connectivity index (χ1v) is 7.09. The van der Waals surface area contributed by atoms with Crippen molar-refractivity contribution in [1.29, 1.82) is 0 Å². The average molecular weight is 276 g/mol. The first-order chi connectivity index (χ1) is 9.53. The van der Waals surface area contributed by atoms with Crippen molar-refractivity contribution in [2.45, 2.75) is 44.1 Å². The fourth-order valence-corrected chi connectivity index (χ4v) is 2.44. The topological polar surface area (TPSA) is 101 Å². The average Bonchev–Trinajstić information content (AvgIpc) is 3.31. The number of nitrogen functional groups attached to an aromatic ring is 1. The number of nitrogens with one attached hydrogen (secondary N) is 1. The molecule has 3 rings (SSSR count). The minimum Gasteiger partial charge on any atom is -0.394 e. The number of nitrogens with zero attached hydrogens (tertiary/aromatic N) is 2. The van der Waals surface area contributed by atoms with Crippen LogP contribution in [0.5, 0.6) is 0 Å². The van der Waals surface area contributed by atoms with Crippen molar-refractivity contribution in [3.05, 3.63) is 17.6 Å². The van der Waals surface area contributed by atoms with Crippen molar-refractivity contribution in [1.82, 2.24) is 15.3 Å². The van der Waals surface area contributed by atoms with Gasteiger partial charge in [0.25, 0.3) is 5.91 Å². The standard InChI is InChI=1S/C14H20N4O2/c1-14(7-19,9-4-5-9)18-13(20)10-6-16-12(8-2-3-8)17-11(10)15/h6,8-9,19H,2-5,7H2,1H3,(H,18,20)(H2,15,16,17). The van der Waals surface area contributed by atoms with E-state index in [4.69, 9.17) is 5.73 Å². The van der Waals surface area contributed by atoms with Crippen LogP contribution in [0.25, 0.3) is 0 Å². The van der Waals surface area contributed by atoms with Crippen LogP contribution in [0.3, 0.4) is 0 Å². The number of hydrogen-bond donors (Lipinski definition) is 3. The molecule has 1 amide bonds. The van der Waals surface area contributed by atoms with Gasteiger partial charge in [-0.1, -0.05) is 0 Å². The number of aromatic nitrogens is 2. The number of rotatable bonds is 5. The number of amides is 1. The van der Waals surface area contributed by atoms with E-state index in [0.29, 0.717) is 11.8 Å². The normalized spacial score (nSPS) is 21.3. The van der Waals surface area contributed by atoms with Gasteiger partial charge in [0.15, 0.2) is 0 Å². The second-order valence-electron chi connectivity index (χ2n) is 6.11. The second kappa shape index (κ2) is 4.70. The van der Waals surface area contributed by atoms with Gasteiger partial charge in [-0.3, -0.25) is 4.79 Å². The summed E-state index contributed by atoms with van der Waals surface area (Å²) in [4.78, 5) is 20.7. The Labute approximate surface area is 117 Å². The van der Waals surface area contributed by atoms with E-state index in [2.05, 4.69) is 15.3 Å². The van der Waals surface area contributed by atoms with Gasteiger partial charge in [0.05, 0.1) is 17.7 Å². The highest BCUT2D eigenvalue weighted by atomic mass is 16.3. The molecule has 0 aromatic carbocycles. The molecule has 0 saturated heterocycles. The number of hydrogen-bond acceptors (Lipinski definition) is 5. The molecule has 2 saturated carbocycles. The maximum atomic E-state index is 12.3. The molecule has 0 spiro atoms. The Bertz CT molecular complexity index is 540. The quantitative estimate of drug-likeness (QED) is 0.739. The zero-order valence-corrected chi connectivity index (χ0v) is 11.6. The number of aliphatic hydroxyl groups is 1. The summed E-state index contributed by atoms with van der Waals surface area (Å²) in [6.45, 7) is 1.78. The van der Waals surface area contributed by atoms with Gasteiger partial charge in [-0.05, 0) is 38.5 Å². The third kappa shape index (κ3) is 2.47. The molecule has 2 aliphatic rings. The van der Waals surface area contributed by atoms with Gasteiger partial charge < -0.3 is 16.2 Å². The van der Waals surface area contributed by atoms with E-state index in [1.807, 2.05) is 6.92 Å². The van der Waals surface area contributed by atoms with Crippen LogP contribution in [0.1, 0.15) is 54.7 Å². The van der Waals surface area contributed by atoms with E-state index in [1.54, 1.807) is 0 Å². The highest BCUT2D eigenvalue weighted by Gasteiger charge is 2.42. The molecule has 0 aliphatic heterocycles. The summed E-state index contributed by atoms with van der Waals surface area (Å²) >= 11 is 0. The Balaban J connectivity index is 1.76. The van der Waals surface area contributed by atoms with E-state index in [0.717, 1.165) is 31.5 Å². The molecule has 20 heavy (non-hydrogen) atoms.